The number of morpholine rings is 1. The molecular formula is C9H17NO2. The van der Waals surface area contributed by atoms with E-state index in [1.165, 1.54) is 0 Å². The van der Waals surface area contributed by atoms with Crippen molar-refractivity contribution in [3.8, 4) is 0 Å². The van der Waals surface area contributed by atoms with Crippen molar-refractivity contribution in [2.24, 2.45) is 5.92 Å². The normalized spacial score (nSPS) is 28.8. The lowest BCUT2D eigenvalue weighted by Crippen LogP contribution is -2.60. The summed E-state index contributed by atoms with van der Waals surface area (Å²) >= 11 is 0. The van der Waals surface area contributed by atoms with Crippen molar-refractivity contribution >= 4 is 5.91 Å². The highest BCUT2D eigenvalue weighted by molar-refractivity contribution is 5.78. The molecule has 3 nitrogen and oxygen atoms in total. The molecule has 0 aromatic rings. The lowest BCUT2D eigenvalue weighted by Gasteiger charge is -2.41. The molecule has 0 aliphatic carbocycles. The Morgan fingerprint density at radius 2 is 2.17 bits per heavy atom. The summed E-state index contributed by atoms with van der Waals surface area (Å²) in [5.41, 5.74) is -0.233. The largest absolute Gasteiger partial charge is 0.366 e. The third kappa shape index (κ3) is 1.78. The van der Waals surface area contributed by atoms with Crippen molar-refractivity contribution in [1.82, 2.24) is 5.32 Å². The minimum absolute atomic E-state index is 0.0168. The maximum Gasteiger partial charge on any atom is 0.246 e. The van der Waals surface area contributed by atoms with Crippen molar-refractivity contribution in [2.75, 3.05) is 6.61 Å². The van der Waals surface area contributed by atoms with E-state index in [0.717, 1.165) is 0 Å². The summed E-state index contributed by atoms with van der Waals surface area (Å²) in [6, 6.07) is 0. The molecule has 0 saturated carbocycles. The summed E-state index contributed by atoms with van der Waals surface area (Å²) in [6.45, 7) is 8.39. The van der Waals surface area contributed by atoms with Gasteiger partial charge in [-0.2, -0.15) is 0 Å². The quantitative estimate of drug-likeness (QED) is 0.637. The van der Waals surface area contributed by atoms with Crippen LogP contribution in [0.25, 0.3) is 0 Å². The average Bonchev–Trinajstić information content (AvgIpc) is 1.82. The fourth-order valence-corrected chi connectivity index (χ4v) is 1.87. The monoisotopic (exact) mass is 171 g/mol. The van der Waals surface area contributed by atoms with Gasteiger partial charge in [0.25, 0.3) is 0 Å². The molecule has 1 N–H and O–H groups in total. The van der Waals surface area contributed by atoms with E-state index in [4.69, 9.17) is 4.74 Å². The summed E-state index contributed by atoms with van der Waals surface area (Å²) in [5.74, 6) is 0.414. The van der Waals surface area contributed by atoms with Crippen molar-refractivity contribution < 1.29 is 9.53 Å². The Kier molecular flexibility index (Phi) is 2.42. The van der Waals surface area contributed by atoms with Gasteiger partial charge in [-0.3, -0.25) is 4.79 Å². The Morgan fingerprint density at radius 3 is 2.58 bits per heavy atom. The molecule has 1 rings (SSSR count). The first-order chi connectivity index (χ1) is 5.43. The first-order valence-corrected chi connectivity index (χ1v) is 4.36. The Balaban J connectivity index is 2.70. The van der Waals surface area contributed by atoms with E-state index >= 15 is 0 Å². The van der Waals surface area contributed by atoms with Crippen LogP contribution in [0.15, 0.2) is 0 Å². The molecular weight excluding hydrogens is 154 g/mol. The van der Waals surface area contributed by atoms with Crippen LogP contribution in [0.2, 0.25) is 0 Å². The minimum atomic E-state index is -0.233. The molecule has 0 unspecified atom stereocenters. The Hall–Kier alpha value is -0.570. The highest BCUT2D eigenvalue weighted by Crippen LogP contribution is 2.23. The molecule has 1 saturated heterocycles. The number of carbonyl (C=O) groups is 1. The molecule has 1 aliphatic heterocycles. The van der Waals surface area contributed by atoms with Crippen LogP contribution in [0.4, 0.5) is 0 Å². The molecule has 0 radical (unpaired) electrons. The zero-order valence-corrected chi connectivity index (χ0v) is 8.18. The zero-order chi connectivity index (χ0) is 9.35. The van der Waals surface area contributed by atoms with E-state index < -0.39 is 0 Å². The summed E-state index contributed by atoms with van der Waals surface area (Å²) in [6.07, 6.45) is 0.121. The molecule has 1 amide bonds. The average molecular weight is 171 g/mol. The first-order valence-electron chi connectivity index (χ1n) is 4.36. The number of nitrogens with one attached hydrogen (secondary N) is 1. The maximum absolute atomic E-state index is 11.0. The van der Waals surface area contributed by atoms with Crippen LogP contribution in [-0.2, 0) is 9.53 Å². The molecule has 3 heteroatoms. The lowest BCUT2D eigenvalue weighted by atomic mass is 9.87. The van der Waals surface area contributed by atoms with Gasteiger partial charge in [-0.05, 0) is 19.8 Å². The smallest absolute Gasteiger partial charge is 0.246 e. The molecule has 1 heterocycles. The van der Waals surface area contributed by atoms with Gasteiger partial charge in [-0.1, -0.05) is 13.8 Å². The SMILES string of the molecule is CC(C)[C@H]1OCC(=O)NC1(C)C. The van der Waals surface area contributed by atoms with Gasteiger partial charge in [0, 0.05) is 0 Å². The molecule has 0 bridgehead atoms. The van der Waals surface area contributed by atoms with Crippen LogP contribution in [-0.4, -0.2) is 24.2 Å². The number of hydrogen-bond acceptors (Lipinski definition) is 2. The van der Waals surface area contributed by atoms with Crippen LogP contribution in [0.3, 0.4) is 0 Å². The molecule has 12 heavy (non-hydrogen) atoms. The Bertz CT molecular complexity index is 187. The fourth-order valence-electron chi connectivity index (χ4n) is 1.87. The van der Waals surface area contributed by atoms with Gasteiger partial charge in [0.15, 0.2) is 0 Å². The third-order valence-electron chi connectivity index (χ3n) is 2.17. The fraction of sp³-hybridized carbons (Fsp3) is 0.889. The second kappa shape index (κ2) is 3.05. The molecule has 0 aromatic heterocycles. The van der Waals surface area contributed by atoms with Crippen LogP contribution in [0.1, 0.15) is 27.7 Å². The van der Waals surface area contributed by atoms with E-state index in [2.05, 4.69) is 19.2 Å². The predicted octanol–water partition coefficient (Wildman–Crippen LogP) is 0.936. The van der Waals surface area contributed by atoms with E-state index in [0.29, 0.717) is 5.92 Å². The van der Waals surface area contributed by atoms with Crippen LogP contribution >= 0.6 is 0 Å². The molecule has 1 fully saturated rings. The highest BCUT2D eigenvalue weighted by Gasteiger charge is 2.37. The summed E-state index contributed by atoms with van der Waals surface area (Å²) in [5, 5.41) is 2.92. The number of ether oxygens (including phenoxy) is 1. The van der Waals surface area contributed by atoms with E-state index in [-0.39, 0.29) is 24.2 Å². The van der Waals surface area contributed by atoms with Crippen LogP contribution in [0.5, 0.6) is 0 Å². The molecule has 0 spiro atoms. The maximum atomic E-state index is 11.0. The number of rotatable bonds is 1. The molecule has 1 atom stereocenters. The van der Waals surface area contributed by atoms with Gasteiger partial charge < -0.3 is 10.1 Å². The third-order valence-corrected chi connectivity index (χ3v) is 2.17. The molecule has 1 aliphatic rings. The first kappa shape index (κ1) is 9.52. The summed E-state index contributed by atoms with van der Waals surface area (Å²) in [7, 11) is 0. The van der Waals surface area contributed by atoms with Gasteiger partial charge in [-0.15, -0.1) is 0 Å². The topological polar surface area (TPSA) is 38.3 Å². The van der Waals surface area contributed by atoms with Gasteiger partial charge in [-0.25, -0.2) is 0 Å². The summed E-state index contributed by atoms with van der Waals surface area (Å²) in [4.78, 5) is 11.0. The van der Waals surface area contributed by atoms with Crippen molar-refractivity contribution in [3.05, 3.63) is 0 Å². The Morgan fingerprint density at radius 1 is 1.58 bits per heavy atom. The number of carbonyl (C=O) groups excluding carboxylic acids is 1. The predicted molar refractivity (Wildman–Crippen MR) is 46.8 cm³/mol. The Labute approximate surface area is 73.5 Å². The van der Waals surface area contributed by atoms with Crippen molar-refractivity contribution in [1.29, 1.82) is 0 Å². The van der Waals surface area contributed by atoms with Gasteiger partial charge in [0.05, 0.1) is 11.6 Å². The van der Waals surface area contributed by atoms with Crippen molar-refractivity contribution in [3.63, 3.8) is 0 Å². The van der Waals surface area contributed by atoms with Gasteiger partial charge >= 0.3 is 0 Å². The minimum Gasteiger partial charge on any atom is -0.366 e. The number of hydrogen-bond donors (Lipinski definition) is 1. The van der Waals surface area contributed by atoms with E-state index in [1.54, 1.807) is 0 Å². The zero-order valence-electron chi connectivity index (χ0n) is 8.18. The van der Waals surface area contributed by atoms with Gasteiger partial charge in [0.1, 0.15) is 6.61 Å². The highest BCUT2D eigenvalue weighted by atomic mass is 16.5. The lowest BCUT2D eigenvalue weighted by molar-refractivity contribution is -0.145. The van der Waals surface area contributed by atoms with E-state index in [9.17, 15) is 4.79 Å². The second-order valence-corrected chi connectivity index (χ2v) is 4.25. The second-order valence-electron chi connectivity index (χ2n) is 4.25. The van der Waals surface area contributed by atoms with Crippen LogP contribution in [0, 0.1) is 5.92 Å². The van der Waals surface area contributed by atoms with Crippen molar-refractivity contribution in [2.45, 2.75) is 39.3 Å². The molecule has 0 aromatic carbocycles. The molecule has 70 valence electrons. The van der Waals surface area contributed by atoms with Crippen LogP contribution < -0.4 is 5.32 Å². The van der Waals surface area contributed by atoms with Gasteiger partial charge in [0.2, 0.25) is 5.91 Å². The standard InChI is InChI=1S/C9H17NO2/c1-6(2)8-9(3,4)10-7(11)5-12-8/h6,8H,5H2,1-4H3,(H,10,11)/t8-/m1/s1. The summed E-state index contributed by atoms with van der Waals surface area (Å²) < 4.78 is 5.45. The number of amides is 1. The van der Waals surface area contributed by atoms with E-state index in [1.807, 2.05) is 13.8 Å².